The fourth-order valence-corrected chi connectivity index (χ4v) is 3.08. The van der Waals surface area contributed by atoms with Crippen molar-refractivity contribution in [1.29, 1.82) is 0 Å². The van der Waals surface area contributed by atoms with Crippen LogP contribution >= 0.6 is 11.8 Å². The molecule has 0 aliphatic heterocycles. The molecule has 0 spiro atoms. The average molecular weight is 417 g/mol. The highest BCUT2D eigenvalue weighted by Crippen LogP contribution is 2.23. The van der Waals surface area contributed by atoms with E-state index in [4.69, 9.17) is 4.74 Å². The molecule has 152 valence electrons. The summed E-state index contributed by atoms with van der Waals surface area (Å²) in [6.45, 7) is 3.35. The van der Waals surface area contributed by atoms with E-state index in [1.54, 1.807) is 0 Å². The van der Waals surface area contributed by atoms with Crippen LogP contribution < -0.4 is 10.9 Å². The van der Waals surface area contributed by atoms with Gasteiger partial charge in [0.05, 0.1) is 10.7 Å². The van der Waals surface area contributed by atoms with Crippen molar-refractivity contribution in [2.75, 3.05) is 12.4 Å². The van der Waals surface area contributed by atoms with Gasteiger partial charge in [0, 0.05) is 22.6 Å². The van der Waals surface area contributed by atoms with Gasteiger partial charge in [0.1, 0.15) is 0 Å². The van der Waals surface area contributed by atoms with Gasteiger partial charge in [0.2, 0.25) is 0 Å². The summed E-state index contributed by atoms with van der Waals surface area (Å²) in [6.07, 6.45) is 0. The molecule has 0 bridgehead atoms. The van der Waals surface area contributed by atoms with Gasteiger partial charge < -0.3 is 4.74 Å². The molecule has 2 N–H and O–H groups in total. The highest BCUT2D eigenvalue weighted by Gasteiger charge is 2.12. The predicted molar refractivity (Wildman–Crippen MR) is 106 cm³/mol. The number of hydrogen-bond acceptors (Lipinski definition) is 7. The van der Waals surface area contributed by atoms with E-state index in [-0.39, 0.29) is 17.0 Å². The summed E-state index contributed by atoms with van der Waals surface area (Å²) >= 11 is 1.32. The summed E-state index contributed by atoms with van der Waals surface area (Å²) in [5.41, 5.74) is 6.33. The number of carbonyl (C=O) groups is 3. The highest BCUT2D eigenvalue weighted by atomic mass is 32.2. The summed E-state index contributed by atoms with van der Waals surface area (Å²) in [4.78, 5) is 46.3. The molecule has 0 aromatic heterocycles. The fraction of sp³-hybridized carbons (Fsp3) is 0.211. The third-order valence-electron chi connectivity index (χ3n) is 3.71. The summed E-state index contributed by atoms with van der Waals surface area (Å²) in [5, 5.41) is 10.6. The lowest BCUT2D eigenvalue weighted by Crippen LogP contribution is -2.43. The molecule has 2 aromatic rings. The zero-order valence-electron chi connectivity index (χ0n) is 15.8. The molecule has 0 radical (unpaired) electrons. The Morgan fingerprint density at radius 1 is 1.07 bits per heavy atom. The van der Waals surface area contributed by atoms with Crippen LogP contribution in [0.5, 0.6) is 0 Å². The maximum absolute atomic E-state index is 11.9. The second-order valence-electron chi connectivity index (χ2n) is 6.02. The van der Waals surface area contributed by atoms with Crippen LogP contribution in [0.1, 0.15) is 21.5 Å². The Balaban J connectivity index is 1.72. The molecule has 0 atom stereocenters. The lowest BCUT2D eigenvalue weighted by molar-refractivity contribution is -0.384. The van der Waals surface area contributed by atoms with Crippen LogP contribution in [-0.4, -0.2) is 35.1 Å². The van der Waals surface area contributed by atoms with E-state index in [1.165, 1.54) is 36.0 Å². The summed E-state index contributed by atoms with van der Waals surface area (Å²) in [6, 6.07) is 10.8. The molecule has 0 aliphatic carbocycles. The number of ether oxygens (including phenoxy) is 1. The molecule has 2 aromatic carbocycles. The molecule has 29 heavy (non-hydrogen) atoms. The molecule has 0 heterocycles. The Morgan fingerprint density at radius 2 is 1.76 bits per heavy atom. The molecule has 0 aliphatic rings. The zero-order valence-corrected chi connectivity index (χ0v) is 16.6. The Hall–Kier alpha value is -3.40. The minimum absolute atomic E-state index is 0.0483. The third kappa shape index (κ3) is 6.92. The van der Waals surface area contributed by atoms with Crippen LogP contribution in [0.25, 0.3) is 0 Å². The second-order valence-corrected chi connectivity index (χ2v) is 7.04. The molecular formula is C19H19N3O6S. The quantitative estimate of drug-likeness (QED) is 0.306. The molecule has 0 saturated carbocycles. The number of rotatable bonds is 7. The molecule has 2 amide bonds. The molecule has 10 heteroatoms. The number of thioether (sulfide) groups is 1. The first kappa shape index (κ1) is 21.9. The number of hydrogen-bond donors (Lipinski definition) is 2. The van der Waals surface area contributed by atoms with Crippen LogP contribution in [0.4, 0.5) is 5.69 Å². The standard InChI is InChI=1S/C19H19N3O6S/c1-12-3-4-13(2)16(9-12)29-11-18(24)28-10-17(23)20-21-19(25)14-5-7-15(8-6-14)22(26)27/h3-9H,10-11H2,1-2H3,(H,20,23)(H,21,25). The first-order valence-electron chi connectivity index (χ1n) is 8.45. The number of nitro groups is 1. The lowest BCUT2D eigenvalue weighted by atomic mass is 10.2. The zero-order chi connectivity index (χ0) is 21.4. The number of nitrogens with one attached hydrogen (secondary N) is 2. The number of non-ortho nitro benzene ring substituents is 1. The van der Waals surface area contributed by atoms with Crippen molar-refractivity contribution < 1.29 is 24.0 Å². The first-order valence-corrected chi connectivity index (χ1v) is 9.44. The number of hydrazine groups is 1. The molecule has 2 rings (SSSR count). The summed E-state index contributed by atoms with van der Waals surface area (Å²) in [5.74, 6) is -1.89. The van der Waals surface area contributed by atoms with Gasteiger partial charge in [0.25, 0.3) is 17.5 Å². The molecular weight excluding hydrogens is 398 g/mol. The Morgan fingerprint density at radius 3 is 2.41 bits per heavy atom. The Kier molecular flexibility index (Phi) is 7.72. The number of aryl methyl sites for hydroxylation is 2. The largest absolute Gasteiger partial charge is 0.455 e. The maximum atomic E-state index is 11.9. The minimum Gasteiger partial charge on any atom is -0.455 e. The van der Waals surface area contributed by atoms with Crippen LogP contribution in [0, 0.1) is 24.0 Å². The van der Waals surface area contributed by atoms with Gasteiger partial charge in [-0.25, -0.2) is 0 Å². The van der Waals surface area contributed by atoms with Gasteiger partial charge in [-0.2, -0.15) is 0 Å². The predicted octanol–water partition coefficient (Wildman–Crippen LogP) is 2.31. The second kappa shape index (κ2) is 10.2. The van der Waals surface area contributed by atoms with E-state index < -0.39 is 29.3 Å². The van der Waals surface area contributed by atoms with Gasteiger partial charge >= 0.3 is 5.97 Å². The SMILES string of the molecule is Cc1ccc(C)c(SCC(=O)OCC(=O)NNC(=O)c2ccc([N+](=O)[O-])cc2)c1. The van der Waals surface area contributed by atoms with E-state index in [2.05, 4.69) is 10.9 Å². The molecule has 0 saturated heterocycles. The topological polar surface area (TPSA) is 128 Å². The number of esters is 1. The minimum atomic E-state index is -0.717. The van der Waals surface area contributed by atoms with Gasteiger partial charge in [0.15, 0.2) is 6.61 Å². The molecule has 9 nitrogen and oxygen atoms in total. The monoisotopic (exact) mass is 417 g/mol. The van der Waals surface area contributed by atoms with Crippen LogP contribution in [0.2, 0.25) is 0 Å². The van der Waals surface area contributed by atoms with E-state index in [0.717, 1.165) is 16.0 Å². The number of carbonyl (C=O) groups excluding carboxylic acids is 3. The number of amides is 2. The number of nitro benzene ring substituents is 1. The van der Waals surface area contributed by atoms with Gasteiger partial charge in [-0.3, -0.25) is 35.3 Å². The first-order chi connectivity index (χ1) is 13.8. The number of nitrogens with zero attached hydrogens (tertiary/aromatic N) is 1. The summed E-state index contributed by atoms with van der Waals surface area (Å²) in [7, 11) is 0. The Bertz CT molecular complexity index is 930. The molecule has 0 unspecified atom stereocenters. The van der Waals surface area contributed by atoms with Crippen molar-refractivity contribution in [3.05, 3.63) is 69.3 Å². The maximum Gasteiger partial charge on any atom is 0.316 e. The van der Waals surface area contributed by atoms with Gasteiger partial charge in [-0.1, -0.05) is 17.7 Å². The van der Waals surface area contributed by atoms with Crippen LogP contribution in [-0.2, 0) is 14.3 Å². The number of benzene rings is 2. The van der Waals surface area contributed by atoms with Crippen molar-refractivity contribution in [2.24, 2.45) is 0 Å². The normalized spacial score (nSPS) is 10.1. The Labute approximate surface area is 170 Å². The van der Waals surface area contributed by atoms with Crippen molar-refractivity contribution in [3.8, 4) is 0 Å². The van der Waals surface area contributed by atoms with Crippen LogP contribution in [0.3, 0.4) is 0 Å². The van der Waals surface area contributed by atoms with E-state index >= 15 is 0 Å². The summed E-state index contributed by atoms with van der Waals surface area (Å²) < 4.78 is 4.88. The van der Waals surface area contributed by atoms with Crippen molar-refractivity contribution in [2.45, 2.75) is 18.7 Å². The van der Waals surface area contributed by atoms with Gasteiger partial charge in [-0.05, 0) is 37.6 Å². The smallest absolute Gasteiger partial charge is 0.316 e. The van der Waals surface area contributed by atoms with E-state index in [0.29, 0.717) is 0 Å². The average Bonchev–Trinajstić information content (AvgIpc) is 2.71. The van der Waals surface area contributed by atoms with Gasteiger partial charge in [-0.15, -0.1) is 11.8 Å². The van der Waals surface area contributed by atoms with E-state index in [9.17, 15) is 24.5 Å². The third-order valence-corrected chi connectivity index (χ3v) is 4.84. The molecule has 0 fully saturated rings. The van der Waals surface area contributed by atoms with Crippen molar-refractivity contribution in [3.63, 3.8) is 0 Å². The van der Waals surface area contributed by atoms with Crippen molar-refractivity contribution >= 4 is 35.2 Å². The van der Waals surface area contributed by atoms with Crippen LogP contribution in [0.15, 0.2) is 47.4 Å². The van der Waals surface area contributed by atoms with Crippen molar-refractivity contribution in [1.82, 2.24) is 10.9 Å². The fourth-order valence-electron chi connectivity index (χ4n) is 2.16. The lowest BCUT2D eigenvalue weighted by Gasteiger charge is -2.09. The highest BCUT2D eigenvalue weighted by molar-refractivity contribution is 8.00. The van der Waals surface area contributed by atoms with E-state index in [1.807, 2.05) is 32.0 Å².